The zero-order valence-electron chi connectivity index (χ0n) is 14.4. The number of halogens is 1. The van der Waals surface area contributed by atoms with Crippen LogP contribution in [0.3, 0.4) is 0 Å². The highest BCUT2D eigenvalue weighted by molar-refractivity contribution is 5.85. The first-order valence-electron chi connectivity index (χ1n) is 8.52. The van der Waals surface area contributed by atoms with Gasteiger partial charge in [0.2, 0.25) is 5.91 Å². The largest absolute Gasteiger partial charge is 0.484 e. The molecule has 0 spiro atoms. The average Bonchev–Trinajstić information content (AvgIpc) is 3.15. The summed E-state index contributed by atoms with van der Waals surface area (Å²) in [4.78, 5) is 25.7. The Bertz CT molecular complexity index is 625. The van der Waals surface area contributed by atoms with Crippen molar-refractivity contribution in [3.63, 3.8) is 0 Å². The first-order chi connectivity index (χ1) is 11.6. The number of carbonyl (C=O) groups excluding carboxylic acids is 2. The minimum atomic E-state index is -0.184. The third-order valence-electron chi connectivity index (χ3n) is 5.17. The third kappa shape index (κ3) is 4.64. The highest BCUT2D eigenvalue weighted by atomic mass is 35.5. The first kappa shape index (κ1) is 19.5. The van der Waals surface area contributed by atoms with E-state index in [0.29, 0.717) is 24.0 Å². The SMILES string of the molecule is CNC(=O)COc1cccc(CC(=O)N2CC3CCC(N)C3C2)c1.Cl. The predicted octanol–water partition coefficient (Wildman–Crippen LogP) is 0.971. The Kier molecular flexibility index (Phi) is 6.67. The maximum absolute atomic E-state index is 12.6. The van der Waals surface area contributed by atoms with Gasteiger partial charge in [0.25, 0.3) is 5.91 Å². The van der Waals surface area contributed by atoms with E-state index in [-0.39, 0.29) is 36.9 Å². The van der Waals surface area contributed by atoms with E-state index >= 15 is 0 Å². The van der Waals surface area contributed by atoms with Crippen LogP contribution in [-0.2, 0) is 16.0 Å². The van der Waals surface area contributed by atoms with Gasteiger partial charge in [-0.1, -0.05) is 12.1 Å². The molecule has 2 amide bonds. The van der Waals surface area contributed by atoms with E-state index in [9.17, 15) is 9.59 Å². The summed E-state index contributed by atoms with van der Waals surface area (Å²) in [6, 6.07) is 7.61. The van der Waals surface area contributed by atoms with Gasteiger partial charge in [0.05, 0.1) is 6.42 Å². The number of amides is 2. The van der Waals surface area contributed by atoms with Crippen molar-refractivity contribution in [2.45, 2.75) is 25.3 Å². The van der Waals surface area contributed by atoms with Gasteiger partial charge in [0.15, 0.2) is 6.61 Å². The van der Waals surface area contributed by atoms with Gasteiger partial charge in [-0.15, -0.1) is 12.4 Å². The van der Waals surface area contributed by atoms with Crippen molar-refractivity contribution in [3.05, 3.63) is 29.8 Å². The highest BCUT2D eigenvalue weighted by Crippen LogP contribution is 2.37. The molecule has 1 heterocycles. The molecule has 2 aliphatic rings. The lowest BCUT2D eigenvalue weighted by Gasteiger charge is -2.19. The van der Waals surface area contributed by atoms with Crippen LogP contribution in [0.2, 0.25) is 0 Å². The number of nitrogens with two attached hydrogens (primary N) is 1. The van der Waals surface area contributed by atoms with Crippen LogP contribution < -0.4 is 15.8 Å². The van der Waals surface area contributed by atoms with Gasteiger partial charge in [0.1, 0.15) is 5.75 Å². The van der Waals surface area contributed by atoms with Crippen molar-refractivity contribution in [2.75, 3.05) is 26.7 Å². The van der Waals surface area contributed by atoms with Crippen molar-refractivity contribution < 1.29 is 14.3 Å². The number of likely N-dealkylation sites (N-methyl/N-ethyl adjacent to an activating group) is 1. The van der Waals surface area contributed by atoms with Crippen LogP contribution in [0.5, 0.6) is 5.75 Å². The molecule has 1 aromatic rings. The second-order valence-corrected chi connectivity index (χ2v) is 6.75. The lowest BCUT2D eigenvalue weighted by atomic mass is 9.98. The van der Waals surface area contributed by atoms with Crippen LogP contribution in [-0.4, -0.2) is 49.5 Å². The maximum atomic E-state index is 12.6. The van der Waals surface area contributed by atoms with Crippen molar-refractivity contribution in [2.24, 2.45) is 17.6 Å². The van der Waals surface area contributed by atoms with Gasteiger partial charge in [-0.25, -0.2) is 0 Å². The lowest BCUT2D eigenvalue weighted by Crippen LogP contribution is -2.34. The van der Waals surface area contributed by atoms with Crippen LogP contribution in [0.15, 0.2) is 24.3 Å². The summed E-state index contributed by atoms with van der Waals surface area (Å²) in [7, 11) is 1.57. The Morgan fingerprint density at radius 1 is 1.32 bits per heavy atom. The Balaban J connectivity index is 0.00000225. The number of fused-ring (bicyclic) bond motifs is 1. The molecule has 1 saturated heterocycles. The Morgan fingerprint density at radius 2 is 2.12 bits per heavy atom. The summed E-state index contributed by atoms with van der Waals surface area (Å²) in [5, 5.41) is 2.51. The number of ether oxygens (including phenoxy) is 1. The molecule has 1 aliphatic heterocycles. The van der Waals surface area contributed by atoms with Gasteiger partial charge in [-0.05, 0) is 42.4 Å². The zero-order chi connectivity index (χ0) is 17.1. The van der Waals surface area contributed by atoms with E-state index < -0.39 is 0 Å². The molecule has 2 fully saturated rings. The Morgan fingerprint density at radius 3 is 2.84 bits per heavy atom. The van der Waals surface area contributed by atoms with Crippen LogP contribution in [0.1, 0.15) is 18.4 Å². The molecule has 3 rings (SSSR count). The second-order valence-electron chi connectivity index (χ2n) is 6.75. The van der Waals surface area contributed by atoms with E-state index in [0.717, 1.165) is 31.5 Å². The van der Waals surface area contributed by atoms with Crippen LogP contribution in [0.25, 0.3) is 0 Å². The molecule has 1 saturated carbocycles. The first-order valence-corrected chi connectivity index (χ1v) is 8.52. The van der Waals surface area contributed by atoms with Crippen molar-refractivity contribution in [1.82, 2.24) is 10.2 Å². The minimum absolute atomic E-state index is 0. The van der Waals surface area contributed by atoms with E-state index in [1.54, 1.807) is 13.1 Å². The predicted molar refractivity (Wildman–Crippen MR) is 97.7 cm³/mol. The van der Waals surface area contributed by atoms with Crippen LogP contribution in [0, 0.1) is 11.8 Å². The maximum Gasteiger partial charge on any atom is 0.257 e. The fraction of sp³-hybridized carbons (Fsp3) is 0.556. The highest BCUT2D eigenvalue weighted by Gasteiger charge is 2.42. The molecule has 138 valence electrons. The van der Waals surface area contributed by atoms with Crippen molar-refractivity contribution in [1.29, 1.82) is 0 Å². The molecule has 6 nitrogen and oxygen atoms in total. The van der Waals surface area contributed by atoms with Crippen LogP contribution >= 0.6 is 12.4 Å². The summed E-state index contributed by atoms with van der Waals surface area (Å²) >= 11 is 0. The van der Waals surface area contributed by atoms with Crippen molar-refractivity contribution in [3.8, 4) is 5.75 Å². The molecular weight excluding hydrogens is 342 g/mol. The van der Waals surface area contributed by atoms with E-state index in [1.165, 1.54) is 0 Å². The zero-order valence-corrected chi connectivity index (χ0v) is 15.3. The number of carbonyl (C=O) groups is 2. The third-order valence-corrected chi connectivity index (χ3v) is 5.17. The molecule has 25 heavy (non-hydrogen) atoms. The summed E-state index contributed by atoms with van der Waals surface area (Å²) < 4.78 is 5.43. The number of hydrogen-bond acceptors (Lipinski definition) is 4. The smallest absolute Gasteiger partial charge is 0.257 e. The summed E-state index contributed by atoms with van der Waals surface area (Å²) in [6.45, 7) is 1.60. The molecule has 3 N–H and O–H groups in total. The molecule has 7 heteroatoms. The number of hydrogen-bond donors (Lipinski definition) is 2. The number of benzene rings is 1. The van der Waals surface area contributed by atoms with Gasteiger partial charge in [-0.2, -0.15) is 0 Å². The topological polar surface area (TPSA) is 84.7 Å². The fourth-order valence-corrected chi connectivity index (χ4v) is 3.76. The molecule has 1 aliphatic carbocycles. The van der Waals surface area contributed by atoms with E-state index in [1.807, 2.05) is 23.1 Å². The lowest BCUT2D eigenvalue weighted by molar-refractivity contribution is -0.129. The van der Waals surface area contributed by atoms with E-state index in [4.69, 9.17) is 10.5 Å². The van der Waals surface area contributed by atoms with Gasteiger partial charge < -0.3 is 20.7 Å². The van der Waals surface area contributed by atoms with E-state index in [2.05, 4.69) is 5.32 Å². The van der Waals surface area contributed by atoms with Crippen molar-refractivity contribution >= 4 is 24.2 Å². The molecular formula is C18H26ClN3O3. The number of rotatable bonds is 5. The molecule has 0 aromatic heterocycles. The number of nitrogens with zero attached hydrogens (tertiary/aromatic N) is 1. The molecule has 3 unspecified atom stereocenters. The Hall–Kier alpha value is -1.79. The van der Waals surface area contributed by atoms with Gasteiger partial charge in [0, 0.05) is 26.2 Å². The standard InChI is InChI=1S/C18H25N3O3.ClH/c1-20-17(22)11-24-14-4-2-3-12(7-14)8-18(23)21-9-13-5-6-16(19)15(13)10-21;/h2-4,7,13,15-16H,5-6,8-11,19H2,1H3,(H,20,22);1H. The fourth-order valence-electron chi connectivity index (χ4n) is 3.76. The number of likely N-dealkylation sites (tertiary alicyclic amines) is 1. The molecule has 0 radical (unpaired) electrons. The second kappa shape index (κ2) is 8.54. The summed E-state index contributed by atoms with van der Waals surface area (Å²) in [5.41, 5.74) is 7.04. The van der Waals surface area contributed by atoms with Crippen LogP contribution in [0.4, 0.5) is 0 Å². The monoisotopic (exact) mass is 367 g/mol. The quantitative estimate of drug-likeness (QED) is 0.812. The minimum Gasteiger partial charge on any atom is -0.484 e. The van der Waals surface area contributed by atoms with Gasteiger partial charge >= 0.3 is 0 Å². The molecule has 0 bridgehead atoms. The molecule has 3 atom stereocenters. The summed E-state index contributed by atoms with van der Waals surface area (Å²) in [6.07, 6.45) is 2.58. The average molecular weight is 368 g/mol. The number of nitrogens with one attached hydrogen (secondary N) is 1. The molecule has 1 aromatic carbocycles. The summed E-state index contributed by atoms with van der Waals surface area (Å²) in [5.74, 6) is 1.60. The Labute approximate surface area is 154 Å². The van der Waals surface area contributed by atoms with Gasteiger partial charge in [-0.3, -0.25) is 9.59 Å². The normalized spacial score (nSPS) is 24.4.